The van der Waals surface area contributed by atoms with Crippen LogP contribution in [-0.4, -0.2) is 6.10 Å². The van der Waals surface area contributed by atoms with E-state index >= 15 is 0 Å². The minimum absolute atomic E-state index is 0.547. The molecule has 0 aliphatic heterocycles. The summed E-state index contributed by atoms with van der Waals surface area (Å²) in [5.41, 5.74) is 0. The molecule has 1 fully saturated rings. The van der Waals surface area contributed by atoms with E-state index in [0.717, 1.165) is 6.61 Å². The van der Waals surface area contributed by atoms with Crippen molar-refractivity contribution in [3.63, 3.8) is 0 Å². The molecule has 1 aromatic heterocycles. The van der Waals surface area contributed by atoms with E-state index in [1.165, 1.54) is 28.6 Å². The summed E-state index contributed by atoms with van der Waals surface area (Å²) >= 11 is 5.18. The molecule has 0 unspecified atom stereocenters. The van der Waals surface area contributed by atoms with Crippen molar-refractivity contribution < 1.29 is 4.74 Å². The molecule has 12 heavy (non-hydrogen) atoms. The van der Waals surface area contributed by atoms with E-state index in [2.05, 4.69) is 27.4 Å². The second kappa shape index (κ2) is 3.90. The molecule has 0 N–H and O–H groups in total. The van der Waals surface area contributed by atoms with Crippen LogP contribution in [0, 0.1) is 0 Å². The van der Waals surface area contributed by atoms with Gasteiger partial charge in [-0.2, -0.15) is 0 Å². The first-order chi connectivity index (χ1) is 5.84. The van der Waals surface area contributed by atoms with Gasteiger partial charge in [-0.3, -0.25) is 0 Å². The molecule has 3 heteroatoms. The van der Waals surface area contributed by atoms with Gasteiger partial charge in [-0.1, -0.05) is 0 Å². The third-order valence-corrected chi connectivity index (χ3v) is 3.81. The van der Waals surface area contributed by atoms with E-state index in [-0.39, 0.29) is 0 Å². The van der Waals surface area contributed by atoms with Gasteiger partial charge in [0.05, 0.1) is 12.7 Å². The highest BCUT2D eigenvalue weighted by Gasteiger charge is 2.17. The SMILES string of the molecule is Brc1csc(COC2CCC2)c1. The minimum Gasteiger partial charge on any atom is -0.373 e. The van der Waals surface area contributed by atoms with Crippen LogP contribution in [0.1, 0.15) is 24.1 Å². The molecule has 66 valence electrons. The number of ether oxygens (including phenoxy) is 1. The number of hydrogen-bond donors (Lipinski definition) is 0. The van der Waals surface area contributed by atoms with Gasteiger partial charge in [-0.05, 0) is 41.3 Å². The zero-order valence-corrected chi connectivity index (χ0v) is 9.16. The van der Waals surface area contributed by atoms with Crippen molar-refractivity contribution in [1.29, 1.82) is 0 Å². The summed E-state index contributed by atoms with van der Waals surface area (Å²) in [6, 6.07) is 2.13. The van der Waals surface area contributed by atoms with Crippen LogP contribution in [0.3, 0.4) is 0 Å². The molecule has 1 saturated carbocycles. The molecule has 0 atom stereocenters. The van der Waals surface area contributed by atoms with Crippen LogP contribution in [0.5, 0.6) is 0 Å². The first kappa shape index (κ1) is 8.73. The Balaban J connectivity index is 1.79. The summed E-state index contributed by atoms with van der Waals surface area (Å²) in [7, 11) is 0. The van der Waals surface area contributed by atoms with Crippen LogP contribution in [0.2, 0.25) is 0 Å². The van der Waals surface area contributed by atoms with E-state index < -0.39 is 0 Å². The molecule has 1 nitrogen and oxygen atoms in total. The van der Waals surface area contributed by atoms with Crippen molar-refractivity contribution in [3.05, 3.63) is 20.8 Å². The van der Waals surface area contributed by atoms with Gasteiger partial charge in [0, 0.05) is 14.7 Å². The second-order valence-electron chi connectivity index (χ2n) is 3.10. The summed E-state index contributed by atoms with van der Waals surface area (Å²) in [4.78, 5) is 1.31. The van der Waals surface area contributed by atoms with Crippen LogP contribution in [0.15, 0.2) is 15.9 Å². The van der Waals surface area contributed by atoms with Gasteiger partial charge in [-0.25, -0.2) is 0 Å². The molecule has 1 aromatic rings. The fourth-order valence-electron chi connectivity index (χ4n) is 1.17. The van der Waals surface area contributed by atoms with Crippen molar-refractivity contribution >= 4 is 27.3 Å². The molecule has 2 rings (SSSR count). The highest BCUT2D eigenvalue weighted by atomic mass is 79.9. The molecule has 0 aromatic carbocycles. The lowest BCUT2D eigenvalue weighted by Crippen LogP contribution is -2.20. The molecule has 0 bridgehead atoms. The van der Waals surface area contributed by atoms with E-state index in [1.807, 2.05) is 0 Å². The smallest absolute Gasteiger partial charge is 0.0813 e. The second-order valence-corrected chi connectivity index (χ2v) is 5.01. The average molecular weight is 247 g/mol. The molecule has 1 aliphatic carbocycles. The van der Waals surface area contributed by atoms with Crippen molar-refractivity contribution in [1.82, 2.24) is 0 Å². The quantitative estimate of drug-likeness (QED) is 0.793. The van der Waals surface area contributed by atoms with Gasteiger partial charge in [0.25, 0.3) is 0 Å². The standard InChI is InChI=1S/C9H11BrOS/c10-7-4-9(12-6-7)5-11-8-2-1-3-8/h4,6,8H,1-3,5H2. The number of hydrogen-bond acceptors (Lipinski definition) is 2. The molecule has 0 spiro atoms. The highest BCUT2D eigenvalue weighted by Crippen LogP contribution is 2.25. The highest BCUT2D eigenvalue weighted by molar-refractivity contribution is 9.10. The molecular weight excluding hydrogens is 236 g/mol. The van der Waals surface area contributed by atoms with Gasteiger partial charge < -0.3 is 4.74 Å². The van der Waals surface area contributed by atoms with Crippen molar-refractivity contribution in [2.45, 2.75) is 32.0 Å². The van der Waals surface area contributed by atoms with E-state index in [1.54, 1.807) is 11.3 Å². The zero-order valence-electron chi connectivity index (χ0n) is 6.75. The minimum atomic E-state index is 0.547. The van der Waals surface area contributed by atoms with Crippen LogP contribution in [0.25, 0.3) is 0 Å². The van der Waals surface area contributed by atoms with Crippen molar-refractivity contribution in [2.75, 3.05) is 0 Å². The lowest BCUT2D eigenvalue weighted by Gasteiger charge is -2.25. The van der Waals surface area contributed by atoms with Crippen LogP contribution in [0.4, 0.5) is 0 Å². The molecule has 1 aliphatic rings. The van der Waals surface area contributed by atoms with Gasteiger partial charge >= 0.3 is 0 Å². The lowest BCUT2D eigenvalue weighted by atomic mass is 9.96. The summed E-state index contributed by atoms with van der Waals surface area (Å²) in [6.07, 6.45) is 4.41. The Morgan fingerprint density at radius 2 is 2.42 bits per heavy atom. The Kier molecular flexibility index (Phi) is 2.84. The largest absolute Gasteiger partial charge is 0.373 e. The van der Waals surface area contributed by atoms with E-state index in [0.29, 0.717) is 6.10 Å². The van der Waals surface area contributed by atoms with Gasteiger partial charge in [0.1, 0.15) is 0 Å². The van der Waals surface area contributed by atoms with E-state index in [4.69, 9.17) is 4.74 Å². The van der Waals surface area contributed by atoms with Gasteiger partial charge in [0.2, 0.25) is 0 Å². The fourth-order valence-corrected chi connectivity index (χ4v) is 2.54. The first-order valence-corrected chi connectivity index (χ1v) is 5.86. The van der Waals surface area contributed by atoms with Crippen LogP contribution >= 0.6 is 27.3 Å². The maximum atomic E-state index is 5.67. The maximum absolute atomic E-state index is 5.67. The zero-order chi connectivity index (χ0) is 8.39. The summed E-state index contributed by atoms with van der Waals surface area (Å²) < 4.78 is 6.83. The third kappa shape index (κ3) is 2.09. The Morgan fingerprint density at radius 1 is 1.58 bits per heavy atom. The molecule has 0 saturated heterocycles. The number of thiophene rings is 1. The average Bonchev–Trinajstić information content (AvgIpc) is 2.32. The van der Waals surface area contributed by atoms with Gasteiger partial charge in [0.15, 0.2) is 0 Å². The Bertz CT molecular complexity index is 255. The molecule has 1 heterocycles. The van der Waals surface area contributed by atoms with Crippen molar-refractivity contribution in [3.8, 4) is 0 Å². The van der Waals surface area contributed by atoms with Crippen LogP contribution < -0.4 is 0 Å². The summed E-state index contributed by atoms with van der Waals surface area (Å²) in [5, 5.41) is 2.10. The Morgan fingerprint density at radius 3 is 2.92 bits per heavy atom. The first-order valence-electron chi connectivity index (χ1n) is 4.19. The number of halogens is 1. The lowest BCUT2D eigenvalue weighted by molar-refractivity contribution is -0.00745. The van der Waals surface area contributed by atoms with Gasteiger partial charge in [-0.15, -0.1) is 11.3 Å². The monoisotopic (exact) mass is 246 g/mol. The predicted octanol–water partition coefficient (Wildman–Crippen LogP) is 3.58. The molecular formula is C9H11BrOS. The molecule has 0 radical (unpaired) electrons. The van der Waals surface area contributed by atoms with E-state index in [9.17, 15) is 0 Å². The summed E-state index contributed by atoms with van der Waals surface area (Å²) in [6.45, 7) is 0.793. The maximum Gasteiger partial charge on any atom is 0.0813 e. The summed E-state index contributed by atoms with van der Waals surface area (Å²) in [5.74, 6) is 0. The Hall–Kier alpha value is 0.140. The fraction of sp³-hybridized carbons (Fsp3) is 0.556. The number of rotatable bonds is 3. The molecule has 0 amide bonds. The normalized spacial score (nSPS) is 17.8. The topological polar surface area (TPSA) is 9.23 Å². The Labute approximate surface area is 84.9 Å². The third-order valence-electron chi connectivity index (χ3n) is 2.14. The predicted molar refractivity (Wildman–Crippen MR) is 54.4 cm³/mol. The van der Waals surface area contributed by atoms with Crippen molar-refractivity contribution in [2.24, 2.45) is 0 Å². The van der Waals surface area contributed by atoms with Crippen LogP contribution in [-0.2, 0) is 11.3 Å².